The number of hydrogen-bond donors (Lipinski definition) is 1. The maximum atomic E-state index is 12.2. The van der Waals surface area contributed by atoms with E-state index in [1.807, 2.05) is 32.3 Å². The summed E-state index contributed by atoms with van der Waals surface area (Å²) in [5, 5.41) is 3.32. The number of likely N-dealkylation sites (N-methyl/N-ethyl adjacent to an activating group) is 1. The third kappa shape index (κ3) is 4.37. The molecule has 0 saturated carbocycles. The Morgan fingerprint density at radius 1 is 1.24 bits per heavy atom. The van der Waals surface area contributed by atoms with E-state index in [1.54, 1.807) is 20.4 Å². The molecule has 0 bridgehead atoms. The fourth-order valence-corrected chi connectivity index (χ4v) is 2.80. The van der Waals surface area contributed by atoms with Gasteiger partial charge < -0.3 is 19.5 Å². The minimum Gasteiger partial charge on any atom is -0.497 e. The molecule has 25 heavy (non-hydrogen) atoms. The third-order valence-electron chi connectivity index (χ3n) is 4.27. The zero-order valence-electron chi connectivity index (χ0n) is 15.4. The molecule has 1 unspecified atom stereocenters. The molecule has 0 radical (unpaired) electrons. The molecule has 2 aromatic rings. The summed E-state index contributed by atoms with van der Waals surface area (Å²) in [5.74, 6) is 0.816. The molecule has 1 aromatic carbocycles. The molecule has 1 heterocycles. The molecule has 7 nitrogen and oxygen atoms in total. The summed E-state index contributed by atoms with van der Waals surface area (Å²) in [6.07, 6.45) is 1.59. The van der Waals surface area contributed by atoms with Crippen LogP contribution in [-0.2, 0) is 20.6 Å². The van der Waals surface area contributed by atoms with Crippen molar-refractivity contribution in [2.75, 3.05) is 27.7 Å². The number of methoxy groups -OCH3 is 1. The van der Waals surface area contributed by atoms with Crippen LogP contribution in [0.1, 0.15) is 17.2 Å². The fourth-order valence-electron chi connectivity index (χ4n) is 2.80. The van der Waals surface area contributed by atoms with Crippen LogP contribution in [0.5, 0.6) is 5.75 Å². The van der Waals surface area contributed by atoms with Gasteiger partial charge in [0.25, 0.3) is 5.56 Å². The molecule has 2 rings (SSSR count). The molecule has 1 aromatic heterocycles. The summed E-state index contributed by atoms with van der Waals surface area (Å²) in [6.45, 7) is 1.06. The lowest BCUT2D eigenvalue weighted by molar-refractivity contribution is 0.287. The van der Waals surface area contributed by atoms with Gasteiger partial charge in [0, 0.05) is 45.0 Å². The summed E-state index contributed by atoms with van der Waals surface area (Å²) in [6, 6.07) is 8.08. The van der Waals surface area contributed by atoms with E-state index in [0.717, 1.165) is 15.9 Å². The first kappa shape index (κ1) is 19.0. The van der Waals surface area contributed by atoms with Crippen LogP contribution in [0.3, 0.4) is 0 Å². The van der Waals surface area contributed by atoms with E-state index < -0.39 is 0 Å². The zero-order valence-corrected chi connectivity index (χ0v) is 15.4. The van der Waals surface area contributed by atoms with Crippen molar-refractivity contribution in [3.8, 4) is 5.75 Å². The fraction of sp³-hybridized carbons (Fsp3) is 0.444. The lowest BCUT2D eigenvalue weighted by Crippen LogP contribution is -2.40. The molecule has 1 atom stereocenters. The quantitative estimate of drug-likeness (QED) is 0.790. The van der Waals surface area contributed by atoms with Crippen LogP contribution in [0.25, 0.3) is 0 Å². The predicted octanol–water partition coefficient (Wildman–Crippen LogP) is 0.485. The molecule has 0 spiro atoms. The SMILES string of the molecule is COc1cccc(C(CNCc2cn(C)c(=O)n(C)c2=O)N(C)C)c1. The van der Waals surface area contributed by atoms with Crippen LogP contribution in [0, 0.1) is 0 Å². The van der Waals surface area contributed by atoms with Crippen LogP contribution >= 0.6 is 0 Å². The van der Waals surface area contributed by atoms with Crippen LogP contribution in [-0.4, -0.2) is 41.8 Å². The summed E-state index contributed by atoms with van der Waals surface area (Å²) in [4.78, 5) is 26.0. The average molecular weight is 346 g/mol. The number of ether oxygens (including phenoxy) is 1. The highest BCUT2D eigenvalue weighted by atomic mass is 16.5. The number of rotatable bonds is 7. The van der Waals surface area contributed by atoms with Gasteiger partial charge in [0.15, 0.2) is 0 Å². The van der Waals surface area contributed by atoms with Gasteiger partial charge in [-0.05, 0) is 31.8 Å². The van der Waals surface area contributed by atoms with Crippen molar-refractivity contribution in [2.24, 2.45) is 14.1 Å². The number of aryl methyl sites for hydroxylation is 1. The van der Waals surface area contributed by atoms with Crippen LogP contribution < -0.4 is 21.3 Å². The molecule has 0 aliphatic rings. The minimum absolute atomic E-state index is 0.131. The maximum absolute atomic E-state index is 12.2. The number of nitrogens with one attached hydrogen (secondary N) is 1. The second-order valence-electron chi connectivity index (χ2n) is 6.30. The standard InChI is InChI=1S/C18H26N4O3/c1-20(2)16(13-7-6-8-15(9-13)25-5)11-19-10-14-12-21(3)18(24)22(4)17(14)23/h6-9,12,16,19H,10-11H2,1-5H3. The van der Waals surface area contributed by atoms with Crippen molar-refractivity contribution < 1.29 is 4.74 Å². The molecule has 0 aliphatic heterocycles. The molecular weight excluding hydrogens is 320 g/mol. The lowest BCUT2D eigenvalue weighted by atomic mass is 10.1. The highest BCUT2D eigenvalue weighted by molar-refractivity contribution is 5.30. The highest BCUT2D eigenvalue weighted by Crippen LogP contribution is 2.22. The monoisotopic (exact) mass is 346 g/mol. The van der Waals surface area contributed by atoms with E-state index in [1.165, 1.54) is 11.6 Å². The second-order valence-corrected chi connectivity index (χ2v) is 6.30. The van der Waals surface area contributed by atoms with Crippen molar-refractivity contribution in [1.29, 1.82) is 0 Å². The van der Waals surface area contributed by atoms with Crippen molar-refractivity contribution in [2.45, 2.75) is 12.6 Å². The lowest BCUT2D eigenvalue weighted by Gasteiger charge is -2.25. The normalized spacial score (nSPS) is 12.4. The number of hydrogen-bond acceptors (Lipinski definition) is 5. The molecule has 0 amide bonds. The highest BCUT2D eigenvalue weighted by Gasteiger charge is 2.15. The molecule has 1 N–H and O–H groups in total. The Morgan fingerprint density at radius 2 is 1.96 bits per heavy atom. The van der Waals surface area contributed by atoms with E-state index in [0.29, 0.717) is 18.7 Å². The molecule has 0 fully saturated rings. The Hall–Kier alpha value is -2.38. The topological polar surface area (TPSA) is 68.5 Å². The number of aromatic nitrogens is 2. The van der Waals surface area contributed by atoms with Gasteiger partial charge in [0.05, 0.1) is 7.11 Å². The molecule has 0 saturated heterocycles. The summed E-state index contributed by atoms with van der Waals surface area (Å²) < 4.78 is 7.84. The largest absolute Gasteiger partial charge is 0.497 e. The van der Waals surface area contributed by atoms with Crippen LogP contribution in [0.2, 0.25) is 0 Å². The summed E-state index contributed by atoms with van der Waals surface area (Å²) >= 11 is 0. The Kier molecular flexibility index (Phi) is 6.17. The second kappa shape index (κ2) is 8.13. The van der Waals surface area contributed by atoms with Crippen molar-refractivity contribution >= 4 is 0 Å². The third-order valence-corrected chi connectivity index (χ3v) is 4.27. The zero-order chi connectivity index (χ0) is 18.6. The summed E-state index contributed by atoms with van der Waals surface area (Å²) in [7, 11) is 8.81. The van der Waals surface area contributed by atoms with Gasteiger partial charge >= 0.3 is 5.69 Å². The summed E-state index contributed by atoms with van der Waals surface area (Å²) in [5.41, 5.74) is 1.10. The average Bonchev–Trinajstić information content (AvgIpc) is 2.60. The van der Waals surface area contributed by atoms with Crippen LogP contribution in [0.15, 0.2) is 40.1 Å². The van der Waals surface area contributed by atoms with Gasteiger partial charge in [-0.3, -0.25) is 9.36 Å². The van der Waals surface area contributed by atoms with E-state index in [9.17, 15) is 9.59 Å². The van der Waals surface area contributed by atoms with Crippen molar-refractivity contribution in [1.82, 2.24) is 19.4 Å². The number of nitrogens with zero attached hydrogens (tertiary/aromatic N) is 3. The molecule has 7 heteroatoms. The van der Waals surface area contributed by atoms with Gasteiger partial charge in [-0.1, -0.05) is 12.1 Å². The Balaban J connectivity index is 2.13. The molecule has 136 valence electrons. The Morgan fingerprint density at radius 3 is 2.60 bits per heavy atom. The van der Waals surface area contributed by atoms with Gasteiger partial charge in [-0.15, -0.1) is 0 Å². The number of benzene rings is 1. The Bertz CT molecular complexity index is 839. The van der Waals surface area contributed by atoms with E-state index in [2.05, 4.69) is 16.3 Å². The van der Waals surface area contributed by atoms with Gasteiger partial charge in [-0.25, -0.2) is 4.79 Å². The molecule has 0 aliphatic carbocycles. The smallest absolute Gasteiger partial charge is 0.330 e. The van der Waals surface area contributed by atoms with Crippen molar-refractivity contribution in [3.63, 3.8) is 0 Å². The first-order valence-corrected chi connectivity index (χ1v) is 8.11. The predicted molar refractivity (Wildman–Crippen MR) is 98.1 cm³/mol. The van der Waals surface area contributed by atoms with Gasteiger partial charge in [-0.2, -0.15) is 0 Å². The van der Waals surface area contributed by atoms with Gasteiger partial charge in [0.1, 0.15) is 5.75 Å². The van der Waals surface area contributed by atoms with E-state index in [-0.39, 0.29) is 17.3 Å². The van der Waals surface area contributed by atoms with Crippen molar-refractivity contribution in [3.05, 3.63) is 62.4 Å². The Labute approximate surface area is 147 Å². The minimum atomic E-state index is -0.323. The molecular formula is C18H26N4O3. The maximum Gasteiger partial charge on any atom is 0.330 e. The van der Waals surface area contributed by atoms with Gasteiger partial charge in [0.2, 0.25) is 0 Å². The van der Waals surface area contributed by atoms with E-state index in [4.69, 9.17) is 4.74 Å². The van der Waals surface area contributed by atoms with Crippen LogP contribution in [0.4, 0.5) is 0 Å². The first-order chi connectivity index (χ1) is 11.8. The first-order valence-electron chi connectivity index (χ1n) is 8.11. The van der Waals surface area contributed by atoms with E-state index >= 15 is 0 Å².